The maximum Gasteiger partial charge on any atom is 0.191 e. The molecule has 126 valence electrons. The first-order valence-electron chi connectivity index (χ1n) is 7.57. The van der Waals surface area contributed by atoms with E-state index in [9.17, 15) is 0 Å². The Morgan fingerprint density at radius 3 is 2.50 bits per heavy atom. The second-order valence-corrected chi connectivity index (χ2v) is 4.54. The van der Waals surface area contributed by atoms with Gasteiger partial charge in [0.2, 0.25) is 0 Å². The van der Waals surface area contributed by atoms with E-state index >= 15 is 0 Å². The van der Waals surface area contributed by atoms with Crippen LogP contribution in [-0.4, -0.2) is 32.8 Å². The van der Waals surface area contributed by atoms with Crippen LogP contribution in [0, 0.1) is 0 Å². The van der Waals surface area contributed by atoms with Crippen LogP contribution in [-0.2, 0) is 6.54 Å². The molecule has 0 aliphatic heterocycles. The number of rotatable bonds is 8. The summed E-state index contributed by atoms with van der Waals surface area (Å²) in [4.78, 5) is 4.58. The van der Waals surface area contributed by atoms with Crippen LogP contribution in [0.2, 0.25) is 0 Å². The van der Waals surface area contributed by atoms with Crippen molar-refractivity contribution in [3.05, 3.63) is 23.8 Å². The molecule has 0 saturated carbocycles. The van der Waals surface area contributed by atoms with Gasteiger partial charge < -0.3 is 20.1 Å². The molecule has 6 heteroatoms. The van der Waals surface area contributed by atoms with Gasteiger partial charge in [0.05, 0.1) is 20.3 Å². The number of guanidine groups is 1. The Hall–Kier alpha value is -1.18. The van der Waals surface area contributed by atoms with Crippen molar-refractivity contribution in [3.63, 3.8) is 0 Å². The molecule has 22 heavy (non-hydrogen) atoms. The smallest absolute Gasteiger partial charge is 0.191 e. The zero-order valence-corrected chi connectivity index (χ0v) is 16.3. The molecule has 0 bridgehead atoms. The number of halogens is 1. The summed E-state index contributed by atoms with van der Waals surface area (Å²) in [5, 5.41) is 6.52. The average molecular weight is 421 g/mol. The SMILES string of the molecule is CCCNC(=NCc1ccc(OC)c(OCC)c1)NCC.I. The minimum absolute atomic E-state index is 0. The normalized spacial score (nSPS) is 10.6. The number of benzene rings is 1. The molecule has 0 unspecified atom stereocenters. The van der Waals surface area contributed by atoms with Gasteiger partial charge >= 0.3 is 0 Å². The Kier molecular flexibility index (Phi) is 11.7. The molecule has 0 aromatic heterocycles. The zero-order chi connectivity index (χ0) is 15.5. The minimum Gasteiger partial charge on any atom is -0.493 e. The lowest BCUT2D eigenvalue weighted by molar-refractivity contribution is 0.310. The van der Waals surface area contributed by atoms with E-state index in [-0.39, 0.29) is 24.0 Å². The van der Waals surface area contributed by atoms with Gasteiger partial charge in [0.1, 0.15) is 0 Å². The first-order valence-corrected chi connectivity index (χ1v) is 7.57. The van der Waals surface area contributed by atoms with E-state index in [4.69, 9.17) is 9.47 Å². The monoisotopic (exact) mass is 421 g/mol. The third kappa shape index (κ3) is 7.20. The number of nitrogens with one attached hydrogen (secondary N) is 2. The molecule has 0 aliphatic rings. The molecule has 1 aromatic rings. The fourth-order valence-corrected chi connectivity index (χ4v) is 1.84. The second-order valence-electron chi connectivity index (χ2n) is 4.54. The maximum absolute atomic E-state index is 5.58. The first-order chi connectivity index (χ1) is 10.2. The summed E-state index contributed by atoms with van der Waals surface area (Å²) < 4.78 is 10.9. The number of aliphatic imine (C=N–C) groups is 1. The molecule has 0 atom stereocenters. The molecule has 1 aromatic carbocycles. The van der Waals surface area contributed by atoms with E-state index in [1.807, 2.05) is 25.1 Å². The van der Waals surface area contributed by atoms with Gasteiger partial charge in [-0.3, -0.25) is 0 Å². The molecule has 1 rings (SSSR count). The van der Waals surface area contributed by atoms with Gasteiger partial charge in [-0.15, -0.1) is 24.0 Å². The van der Waals surface area contributed by atoms with Gasteiger partial charge in [-0.25, -0.2) is 4.99 Å². The van der Waals surface area contributed by atoms with Crippen LogP contribution >= 0.6 is 24.0 Å². The Morgan fingerprint density at radius 2 is 1.91 bits per heavy atom. The maximum atomic E-state index is 5.58. The Labute approximate surface area is 150 Å². The lowest BCUT2D eigenvalue weighted by Crippen LogP contribution is -2.37. The third-order valence-electron chi connectivity index (χ3n) is 2.83. The van der Waals surface area contributed by atoms with E-state index in [2.05, 4.69) is 29.5 Å². The van der Waals surface area contributed by atoms with Gasteiger partial charge in [-0.1, -0.05) is 13.0 Å². The van der Waals surface area contributed by atoms with Crippen molar-refractivity contribution in [1.82, 2.24) is 10.6 Å². The van der Waals surface area contributed by atoms with E-state index in [1.165, 1.54) is 0 Å². The molecule has 0 aliphatic carbocycles. The van der Waals surface area contributed by atoms with Crippen LogP contribution in [0.1, 0.15) is 32.8 Å². The summed E-state index contributed by atoms with van der Waals surface area (Å²) in [6.07, 6.45) is 1.07. The fraction of sp³-hybridized carbons (Fsp3) is 0.562. The summed E-state index contributed by atoms with van der Waals surface area (Å²) in [6.45, 7) is 9.13. The van der Waals surface area contributed by atoms with Gasteiger partial charge in [-0.05, 0) is 38.0 Å². The molecule has 0 fully saturated rings. The van der Waals surface area contributed by atoms with Crippen LogP contribution < -0.4 is 20.1 Å². The standard InChI is InChI=1S/C16H27N3O2.HI/c1-5-10-18-16(17-6-2)19-12-13-8-9-14(20-4)15(11-13)21-7-3;/h8-9,11H,5-7,10,12H2,1-4H3,(H2,17,18,19);1H. The summed E-state index contributed by atoms with van der Waals surface area (Å²) in [5.74, 6) is 2.35. The first kappa shape index (κ1) is 20.8. The molecule has 5 nitrogen and oxygen atoms in total. The van der Waals surface area contributed by atoms with Gasteiger partial charge in [0, 0.05) is 13.1 Å². The number of ether oxygens (including phenoxy) is 2. The Bertz CT molecular complexity index is 453. The van der Waals surface area contributed by atoms with E-state index in [0.29, 0.717) is 13.2 Å². The van der Waals surface area contributed by atoms with Crippen molar-refractivity contribution in [2.75, 3.05) is 26.8 Å². The highest BCUT2D eigenvalue weighted by Crippen LogP contribution is 2.28. The summed E-state index contributed by atoms with van der Waals surface area (Å²) in [5.41, 5.74) is 1.09. The van der Waals surface area contributed by atoms with Crippen molar-refractivity contribution in [1.29, 1.82) is 0 Å². The second kappa shape index (κ2) is 12.4. The number of hydrogen-bond acceptors (Lipinski definition) is 3. The average Bonchev–Trinajstić information content (AvgIpc) is 2.50. The van der Waals surface area contributed by atoms with Crippen molar-refractivity contribution in [3.8, 4) is 11.5 Å². The van der Waals surface area contributed by atoms with Crippen molar-refractivity contribution in [2.45, 2.75) is 33.7 Å². The van der Waals surface area contributed by atoms with Crippen LogP contribution in [0.4, 0.5) is 0 Å². The highest BCUT2D eigenvalue weighted by molar-refractivity contribution is 14.0. The lowest BCUT2D eigenvalue weighted by atomic mass is 10.2. The highest BCUT2D eigenvalue weighted by atomic mass is 127. The topological polar surface area (TPSA) is 54.9 Å². The summed E-state index contributed by atoms with van der Waals surface area (Å²) in [7, 11) is 1.65. The van der Waals surface area contributed by atoms with Crippen LogP contribution in [0.5, 0.6) is 11.5 Å². The van der Waals surface area contributed by atoms with E-state index < -0.39 is 0 Å². The van der Waals surface area contributed by atoms with Crippen LogP contribution in [0.25, 0.3) is 0 Å². The Balaban J connectivity index is 0.00000441. The van der Waals surface area contributed by atoms with Gasteiger partial charge in [-0.2, -0.15) is 0 Å². The van der Waals surface area contributed by atoms with E-state index in [0.717, 1.165) is 42.5 Å². The van der Waals surface area contributed by atoms with Crippen molar-refractivity contribution < 1.29 is 9.47 Å². The van der Waals surface area contributed by atoms with Crippen LogP contribution in [0.3, 0.4) is 0 Å². The fourth-order valence-electron chi connectivity index (χ4n) is 1.84. The number of hydrogen-bond donors (Lipinski definition) is 2. The highest BCUT2D eigenvalue weighted by Gasteiger charge is 2.05. The quantitative estimate of drug-likeness (QED) is 0.385. The summed E-state index contributed by atoms with van der Waals surface area (Å²) >= 11 is 0. The lowest BCUT2D eigenvalue weighted by Gasteiger charge is -2.12. The molecule has 0 saturated heterocycles. The number of methoxy groups -OCH3 is 1. The molecular formula is C16H28IN3O2. The molecule has 0 radical (unpaired) electrons. The van der Waals surface area contributed by atoms with Crippen molar-refractivity contribution >= 4 is 29.9 Å². The van der Waals surface area contributed by atoms with Gasteiger partial charge in [0.15, 0.2) is 17.5 Å². The minimum atomic E-state index is 0. The van der Waals surface area contributed by atoms with E-state index in [1.54, 1.807) is 7.11 Å². The molecule has 0 heterocycles. The molecule has 2 N–H and O–H groups in total. The largest absolute Gasteiger partial charge is 0.493 e. The van der Waals surface area contributed by atoms with Crippen LogP contribution in [0.15, 0.2) is 23.2 Å². The number of nitrogens with zero attached hydrogens (tertiary/aromatic N) is 1. The predicted octanol–water partition coefficient (Wildman–Crippen LogP) is 3.18. The summed E-state index contributed by atoms with van der Waals surface area (Å²) in [6, 6.07) is 5.91. The van der Waals surface area contributed by atoms with Gasteiger partial charge in [0.25, 0.3) is 0 Å². The van der Waals surface area contributed by atoms with Crippen molar-refractivity contribution in [2.24, 2.45) is 4.99 Å². The Morgan fingerprint density at radius 1 is 1.14 bits per heavy atom. The third-order valence-corrected chi connectivity index (χ3v) is 2.83. The zero-order valence-electron chi connectivity index (χ0n) is 13.9. The molecule has 0 amide bonds. The molecule has 0 spiro atoms. The predicted molar refractivity (Wildman–Crippen MR) is 103 cm³/mol. The molecular weight excluding hydrogens is 393 g/mol.